The minimum Gasteiger partial charge on any atom is -0.490 e. The molecule has 140 valence electrons. The lowest BCUT2D eigenvalue weighted by Crippen LogP contribution is -2.20. The molecule has 0 aliphatic carbocycles. The number of para-hydroxylation sites is 1. The third kappa shape index (κ3) is 2.83. The SMILES string of the molecule is CCOc1cc(C#N)ccc1OCc1nnc2n(C)c(=O)c3ccccc3n12. The van der Waals surface area contributed by atoms with E-state index in [2.05, 4.69) is 16.3 Å². The van der Waals surface area contributed by atoms with Gasteiger partial charge in [0.05, 0.1) is 29.1 Å². The number of benzene rings is 2. The van der Waals surface area contributed by atoms with E-state index in [1.54, 1.807) is 35.7 Å². The van der Waals surface area contributed by atoms with Crippen molar-refractivity contribution in [2.24, 2.45) is 7.05 Å². The van der Waals surface area contributed by atoms with Gasteiger partial charge in [-0.15, -0.1) is 10.2 Å². The van der Waals surface area contributed by atoms with Crippen molar-refractivity contribution in [1.29, 1.82) is 5.26 Å². The van der Waals surface area contributed by atoms with Crippen LogP contribution in [0.25, 0.3) is 16.7 Å². The molecular formula is C20H17N5O3. The predicted molar refractivity (Wildman–Crippen MR) is 102 cm³/mol. The van der Waals surface area contributed by atoms with E-state index in [0.29, 0.717) is 46.2 Å². The van der Waals surface area contributed by atoms with Gasteiger partial charge in [0.2, 0.25) is 5.78 Å². The molecule has 4 rings (SSSR count). The summed E-state index contributed by atoms with van der Waals surface area (Å²) in [7, 11) is 1.66. The molecule has 0 fully saturated rings. The average Bonchev–Trinajstić information content (AvgIpc) is 3.15. The van der Waals surface area contributed by atoms with Gasteiger partial charge in [-0.05, 0) is 31.2 Å². The number of hydrogen-bond donors (Lipinski definition) is 0. The molecule has 0 atom stereocenters. The van der Waals surface area contributed by atoms with Gasteiger partial charge in [-0.2, -0.15) is 5.26 Å². The first kappa shape index (κ1) is 17.5. The minimum atomic E-state index is -0.131. The predicted octanol–water partition coefficient (Wildman–Crippen LogP) is 2.43. The highest BCUT2D eigenvalue weighted by molar-refractivity contribution is 5.80. The van der Waals surface area contributed by atoms with Crippen LogP contribution in [0.1, 0.15) is 18.3 Å². The summed E-state index contributed by atoms with van der Waals surface area (Å²) in [4.78, 5) is 12.5. The molecule has 2 heterocycles. The van der Waals surface area contributed by atoms with Gasteiger partial charge in [0.1, 0.15) is 6.61 Å². The molecule has 2 aromatic heterocycles. The highest BCUT2D eigenvalue weighted by atomic mass is 16.5. The van der Waals surface area contributed by atoms with Gasteiger partial charge < -0.3 is 9.47 Å². The summed E-state index contributed by atoms with van der Waals surface area (Å²) in [6.45, 7) is 2.43. The van der Waals surface area contributed by atoms with Crippen molar-refractivity contribution in [1.82, 2.24) is 19.2 Å². The summed E-state index contributed by atoms with van der Waals surface area (Å²) in [6.07, 6.45) is 0. The molecule has 0 aliphatic heterocycles. The van der Waals surface area contributed by atoms with Crippen LogP contribution < -0.4 is 15.0 Å². The highest BCUT2D eigenvalue weighted by Crippen LogP contribution is 2.29. The van der Waals surface area contributed by atoms with Crippen LogP contribution >= 0.6 is 0 Å². The number of ether oxygens (including phenoxy) is 2. The normalized spacial score (nSPS) is 10.9. The van der Waals surface area contributed by atoms with Crippen LogP contribution in [-0.2, 0) is 13.7 Å². The van der Waals surface area contributed by atoms with E-state index in [0.717, 1.165) is 0 Å². The second kappa shape index (κ2) is 7.04. The topological polar surface area (TPSA) is 94.4 Å². The van der Waals surface area contributed by atoms with Gasteiger partial charge >= 0.3 is 0 Å². The Morgan fingerprint density at radius 1 is 1.11 bits per heavy atom. The summed E-state index contributed by atoms with van der Waals surface area (Å²) >= 11 is 0. The molecule has 0 N–H and O–H groups in total. The number of aryl methyl sites for hydroxylation is 1. The van der Waals surface area contributed by atoms with Gasteiger partial charge in [0, 0.05) is 13.1 Å². The summed E-state index contributed by atoms with van der Waals surface area (Å²) in [5, 5.41) is 18.0. The van der Waals surface area contributed by atoms with Crippen molar-refractivity contribution in [2.45, 2.75) is 13.5 Å². The molecule has 0 aliphatic rings. The van der Waals surface area contributed by atoms with Crippen LogP contribution in [0.2, 0.25) is 0 Å². The third-order valence-corrected chi connectivity index (χ3v) is 4.42. The van der Waals surface area contributed by atoms with Crippen LogP contribution in [-0.4, -0.2) is 25.8 Å². The Balaban J connectivity index is 1.76. The zero-order chi connectivity index (χ0) is 19.7. The lowest BCUT2D eigenvalue weighted by atomic mass is 10.2. The molecule has 0 amide bonds. The van der Waals surface area contributed by atoms with Crippen LogP contribution in [0.5, 0.6) is 11.5 Å². The molecule has 8 nitrogen and oxygen atoms in total. The average molecular weight is 375 g/mol. The zero-order valence-corrected chi connectivity index (χ0v) is 15.4. The second-order valence-corrected chi connectivity index (χ2v) is 6.13. The van der Waals surface area contributed by atoms with E-state index in [-0.39, 0.29) is 12.2 Å². The molecule has 4 aromatic rings. The standard InChI is InChI=1S/C20H17N5O3/c1-3-27-17-10-13(11-21)8-9-16(17)28-12-18-22-23-20-24(2)19(26)14-6-4-5-7-15(14)25(18)20/h4-10H,3,12H2,1-2H3. The van der Waals surface area contributed by atoms with Crippen LogP contribution in [0, 0.1) is 11.3 Å². The van der Waals surface area contributed by atoms with Crippen LogP contribution in [0.3, 0.4) is 0 Å². The van der Waals surface area contributed by atoms with Crippen molar-refractivity contribution in [3.8, 4) is 17.6 Å². The summed E-state index contributed by atoms with van der Waals surface area (Å²) in [6, 6.07) is 14.4. The van der Waals surface area contributed by atoms with E-state index in [9.17, 15) is 4.79 Å². The first-order chi connectivity index (χ1) is 13.6. The largest absolute Gasteiger partial charge is 0.490 e. The first-order valence-electron chi connectivity index (χ1n) is 8.75. The van der Waals surface area contributed by atoms with Crippen molar-refractivity contribution in [3.63, 3.8) is 0 Å². The minimum absolute atomic E-state index is 0.120. The maximum atomic E-state index is 12.5. The Morgan fingerprint density at radius 2 is 1.93 bits per heavy atom. The molecule has 28 heavy (non-hydrogen) atoms. The lowest BCUT2D eigenvalue weighted by Gasteiger charge is -2.12. The van der Waals surface area contributed by atoms with Crippen molar-refractivity contribution >= 4 is 16.7 Å². The maximum Gasteiger partial charge on any atom is 0.262 e. The molecule has 0 spiro atoms. The van der Waals surface area contributed by atoms with E-state index < -0.39 is 0 Å². The molecule has 2 aromatic carbocycles. The smallest absolute Gasteiger partial charge is 0.262 e. The Morgan fingerprint density at radius 3 is 2.71 bits per heavy atom. The van der Waals surface area contributed by atoms with Gasteiger partial charge in [-0.3, -0.25) is 13.8 Å². The monoisotopic (exact) mass is 375 g/mol. The van der Waals surface area contributed by atoms with Crippen LogP contribution in [0.15, 0.2) is 47.3 Å². The Labute approximate surface area is 160 Å². The molecule has 0 saturated carbocycles. The number of nitriles is 1. The molecular weight excluding hydrogens is 358 g/mol. The van der Waals surface area contributed by atoms with E-state index >= 15 is 0 Å². The number of nitrogens with zero attached hydrogens (tertiary/aromatic N) is 5. The molecule has 8 heteroatoms. The fourth-order valence-corrected chi connectivity index (χ4v) is 3.09. The fraction of sp³-hybridized carbons (Fsp3) is 0.200. The quantitative estimate of drug-likeness (QED) is 0.532. The Bertz CT molecular complexity index is 1280. The van der Waals surface area contributed by atoms with E-state index in [1.807, 2.05) is 25.1 Å². The molecule has 0 bridgehead atoms. The maximum absolute atomic E-state index is 12.5. The van der Waals surface area contributed by atoms with Crippen molar-refractivity contribution < 1.29 is 9.47 Å². The lowest BCUT2D eigenvalue weighted by molar-refractivity contribution is 0.262. The first-order valence-corrected chi connectivity index (χ1v) is 8.75. The summed E-state index contributed by atoms with van der Waals surface area (Å²) in [5.74, 6) is 1.99. The van der Waals surface area contributed by atoms with Gasteiger partial charge in [-0.25, -0.2) is 0 Å². The Kier molecular flexibility index (Phi) is 4.41. The van der Waals surface area contributed by atoms with E-state index in [4.69, 9.17) is 14.7 Å². The molecule has 0 radical (unpaired) electrons. The number of hydrogen-bond acceptors (Lipinski definition) is 6. The molecule has 0 saturated heterocycles. The number of fused-ring (bicyclic) bond motifs is 3. The van der Waals surface area contributed by atoms with Gasteiger partial charge in [0.25, 0.3) is 5.56 Å². The Hall–Kier alpha value is -3.86. The van der Waals surface area contributed by atoms with E-state index in [1.165, 1.54) is 4.57 Å². The molecule has 0 unspecified atom stereocenters. The van der Waals surface area contributed by atoms with Crippen LogP contribution in [0.4, 0.5) is 0 Å². The number of aromatic nitrogens is 4. The number of rotatable bonds is 5. The highest BCUT2D eigenvalue weighted by Gasteiger charge is 2.15. The summed E-state index contributed by atoms with van der Waals surface area (Å²) in [5.41, 5.74) is 1.08. The van der Waals surface area contributed by atoms with Gasteiger partial charge in [0.15, 0.2) is 17.3 Å². The van der Waals surface area contributed by atoms with Crippen molar-refractivity contribution in [2.75, 3.05) is 6.61 Å². The van der Waals surface area contributed by atoms with Gasteiger partial charge in [-0.1, -0.05) is 12.1 Å². The second-order valence-electron chi connectivity index (χ2n) is 6.13. The fourth-order valence-electron chi connectivity index (χ4n) is 3.09. The van der Waals surface area contributed by atoms with Crippen molar-refractivity contribution in [3.05, 3.63) is 64.2 Å². The third-order valence-electron chi connectivity index (χ3n) is 4.42. The zero-order valence-electron chi connectivity index (χ0n) is 15.4. The summed E-state index contributed by atoms with van der Waals surface area (Å²) < 4.78 is 14.8.